The van der Waals surface area contributed by atoms with E-state index in [9.17, 15) is 9.90 Å². The zero-order valence-corrected chi connectivity index (χ0v) is 15.7. The summed E-state index contributed by atoms with van der Waals surface area (Å²) in [5.41, 5.74) is 0. The number of allylic oxidation sites excluding steroid dienone is 10. The summed E-state index contributed by atoms with van der Waals surface area (Å²) in [6, 6.07) is 0. The zero-order valence-electron chi connectivity index (χ0n) is 15.7. The Hall–Kier alpha value is -2.49. The second-order valence-electron chi connectivity index (χ2n) is 5.89. The molecule has 0 bridgehead atoms. The highest BCUT2D eigenvalue weighted by molar-refractivity contribution is 5.84. The summed E-state index contributed by atoms with van der Waals surface area (Å²) in [4.78, 5) is 10.4. The molecule has 0 aliphatic carbocycles. The Morgan fingerprint density at radius 1 is 0.692 bits per heavy atom. The monoisotopic (exact) mass is 360 g/mol. The topological polar surface area (TPSA) is 77.8 Å². The number of carboxylic acid groups (broad SMARTS) is 1. The zero-order chi connectivity index (χ0) is 19.5. The van der Waals surface area contributed by atoms with Gasteiger partial charge in [-0.05, 0) is 18.9 Å². The average Bonchev–Trinajstić information content (AvgIpc) is 2.63. The van der Waals surface area contributed by atoms with Gasteiger partial charge in [-0.1, -0.05) is 100 Å². The van der Waals surface area contributed by atoms with Crippen LogP contribution in [0.5, 0.6) is 0 Å². The lowest BCUT2D eigenvalue weighted by Gasteiger charge is -1.98. The van der Waals surface area contributed by atoms with Crippen molar-refractivity contribution < 1.29 is 20.1 Å². The molecule has 4 nitrogen and oxygen atoms in total. The highest BCUT2D eigenvalue weighted by Crippen LogP contribution is 2.08. The summed E-state index contributed by atoms with van der Waals surface area (Å²) in [5, 5.41) is 26.6. The van der Waals surface area contributed by atoms with Gasteiger partial charge in [0.25, 0.3) is 0 Å². The van der Waals surface area contributed by atoms with Crippen LogP contribution in [-0.4, -0.2) is 21.3 Å². The predicted molar refractivity (Wildman–Crippen MR) is 108 cm³/mol. The lowest BCUT2D eigenvalue weighted by molar-refractivity contribution is -0.135. The Morgan fingerprint density at radius 3 is 1.77 bits per heavy atom. The number of aliphatic hydroxyl groups excluding tert-OH is 2. The van der Waals surface area contributed by atoms with Crippen molar-refractivity contribution in [1.82, 2.24) is 0 Å². The summed E-state index contributed by atoms with van der Waals surface area (Å²) in [7, 11) is 0. The minimum atomic E-state index is -1.57. The molecule has 0 unspecified atom stereocenters. The normalized spacial score (nSPS) is 13.7. The average molecular weight is 360 g/mol. The number of carboxylic acids is 1. The molecule has 0 aromatic heterocycles. The molecule has 0 radical (unpaired) electrons. The molecule has 0 aliphatic heterocycles. The van der Waals surface area contributed by atoms with E-state index in [4.69, 9.17) is 10.2 Å². The summed E-state index contributed by atoms with van der Waals surface area (Å²) in [6.45, 7) is 2.24. The van der Waals surface area contributed by atoms with Crippen LogP contribution in [0.15, 0.2) is 72.3 Å². The number of aliphatic hydroxyl groups is 2. The van der Waals surface area contributed by atoms with Crippen molar-refractivity contribution in [1.29, 1.82) is 0 Å². The molecule has 0 aromatic carbocycles. The minimum absolute atomic E-state index is 0.683. The number of aliphatic carboxylic acids is 1. The van der Waals surface area contributed by atoms with Crippen molar-refractivity contribution in [3.05, 3.63) is 72.3 Å². The van der Waals surface area contributed by atoms with Crippen LogP contribution in [-0.2, 0) is 4.79 Å². The van der Waals surface area contributed by atoms with Crippen LogP contribution in [0.4, 0.5) is 0 Å². The van der Waals surface area contributed by atoms with Crippen molar-refractivity contribution >= 4 is 5.97 Å². The molecule has 0 aromatic rings. The summed E-state index contributed by atoms with van der Waals surface area (Å²) in [5.74, 6) is -3.32. The van der Waals surface area contributed by atoms with E-state index in [1.807, 2.05) is 30.4 Å². The summed E-state index contributed by atoms with van der Waals surface area (Å²) < 4.78 is 0. The first kappa shape index (κ1) is 23.5. The van der Waals surface area contributed by atoms with Crippen LogP contribution >= 0.6 is 0 Å². The van der Waals surface area contributed by atoms with E-state index in [0.717, 1.165) is 12.5 Å². The molecular weight excluding hydrogens is 328 g/mol. The van der Waals surface area contributed by atoms with Gasteiger partial charge in [-0.25, -0.2) is 4.79 Å². The van der Waals surface area contributed by atoms with E-state index in [-0.39, 0.29) is 0 Å². The highest BCUT2D eigenvalue weighted by Gasteiger charge is 2.08. The SMILES string of the molecule is CCCCCCCCCC=CC=CC=CC=CC=CC(O)=C(O)C(=O)O. The molecule has 0 rings (SSSR count). The summed E-state index contributed by atoms with van der Waals surface area (Å²) >= 11 is 0. The van der Waals surface area contributed by atoms with E-state index >= 15 is 0 Å². The van der Waals surface area contributed by atoms with Gasteiger partial charge in [0.15, 0.2) is 5.76 Å². The van der Waals surface area contributed by atoms with Crippen LogP contribution in [0, 0.1) is 0 Å². The molecular formula is C22H32O4. The predicted octanol–water partition coefficient (Wildman–Crippen LogP) is 6.32. The molecule has 144 valence electrons. The van der Waals surface area contributed by atoms with E-state index < -0.39 is 17.5 Å². The van der Waals surface area contributed by atoms with Gasteiger partial charge in [0, 0.05) is 0 Å². The maximum atomic E-state index is 10.4. The quantitative estimate of drug-likeness (QED) is 0.147. The van der Waals surface area contributed by atoms with Crippen molar-refractivity contribution in [3.8, 4) is 0 Å². The smallest absolute Gasteiger partial charge is 0.374 e. The fourth-order valence-electron chi connectivity index (χ4n) is 2.11. The maximum absolute atomic E-state index is 10.4. The number of hydrogen-bond donors (Lipinski definition) is 3. The molecule has 4 heteroatoms. The molecule has 0 spiro atoms. The first-order valence-corrected chi connectivity index (χ1v) is 9.28. The Kier molecular flexibility index (Phi) is 15.7. The van der Waals surface area contributed by atoms with Crippen molar-refractivity contribution in [3.63, 3.8) is 0 Å². The van der Waals surface area contributed by atoms with Gasteiger partial charge in [0.2, 0.25) is 5.76 Å². The Morgan fingerprint density at radius 2 is 1.19 bits per heavy atom. The first-order chi connectivity index (χ1) is 12.6. The van der Waals surface area contributed by atoms with Crippen LogP contribution in [0.1, 0.15) is 58.3 Å². The Bertz CT molecular complexity index is 548. The number of rotatable bonds is 14. The molecule has 0 amide bonds. The Balaban J connectivity index is 3.81. The molecule has 0 atom stereocenters. The molecule has 0 heterocycles. The third-order valence-corrected chi connectivity index (χ3v) is 3.59. The van der Waals surface area contributed by atoms with Crippen molar-refractivity contribution in [2.24, 2.45) is 0 Å². The number of hydrogen-bond acceptors (Lipinski definition) is 3. The standard InChI is InChI=1S/C22H32O4/c1-2-3-4-5-6-7-8-9-10-11-12-13-14-15-16-17-18-19-20(23)21(24)22(25)26/h10-19,23-24H,2-9H2,1H3,(H,25,26). The molecule has 3 N–H and O–H groups in total. The van der Waals surface area contributed by atoms with Gasteiger partial charge in [-0.3, -0.25) is 0 Å². The van der Waals surface area contributed by atoms with Gasteiger partial charge < -0.3 is 15.3 Å². The van der Waals surface area contributed by atoms with E-state index in [1.165, 1.54) is 51.0 Å². The van der Waals surface area contributed by atoms with Crippen molar-refractivity contribution in [2.45, 2.75) is 58.3 Å². The third-order valence-electron chi connectivity index (χ3n) is 3.59. The van der Waals surface area contributed by atoms with E-state index in [2.05, 4.69) is 13.0 Å². The van der Waals surface area contributed by atoms with Crippen LogP contribution < -0.4 is 0 Å². The molecule has 0 aliphatic rings. The second kappa shape index (κ2) is 17.3. The lowest BCUT2D eigenvalue weighted by Crippen LogP contribution is -2.02. The largest absolute Gasteiger partial charge is 0.504 e. The van der Waals surface area contributed by atoms with Crippen LogP contribution in [0.3, 0.4) is 0 Å². The fourth-order valence-corrected chi connectivity index (χ4v) is 2.11. The van der Waals surface area contributed by atoms with Gasteiger partial charge in [0.05, 0.1) is 0 Å². The van der Waals surface area contributed by atoms with Gasteiger partial charge in [0.1, 0.15) is 0 Å². The van der Waals surface area contributed by atoms with Gasteiger partial charge >= 0.3 is 5.97 Å². The van der Waals surface area contributed by atoms with Gasteiger partial charge in [-0.2, -0.15) is 0 Å². The maximum Gasteiger partial charge on any atom is 0.374 e. The highest BCUT2D eigenvalue weighted by atomic mass is 16.4. The second-order valence-corrected chi connectivity index (χ2v) is 5.89. The number of carbonyl (C=O) groups is 1. The molecule has 0 saturated heterocycles. The summed E-state index contributed by atoms with van der Waals surface area (Å²) in [6.07, 6.45) is 28.1. The lowest BCUT2D eigenvalue weighted by atomic mass is 10.1. The Labute approximate surface area is 157 Å². The van der Waals surface area contributed by atoms with Crippen molar-refractivity contribution in [2.75, 3.05) is 0 Å². The number of unbranched alkanes of at least 4 members (excludes halogenated alkanes) is 7. The third kappa shape index (κ3) is 15.1. The fraction of sp³-hybridized carbons (Fsp3) is 0.409. The van der Waals surface area contributed by atoms with Crippen LogP contribution in [0.2, 0.25) is 0 Å². The first-order valence-electron chi connectivity index (χ1n) is 9.28. The molecule has 26 heavy (non-hydrogen) atoms. The van der Waals surface area contributed by atoms with Gasteiger partial charge in [-0.15, -0.1) is 0 Å². The minimum Gasteiger partial charge on any atom is -0.504 e. The molecule has 0 saturated carbocycles. The van der Waals surface area contributed by atoms with E-state index in [0.29, 0.717) is 0 Å². The van der Waals surface area contributed by atoms with Crippen LogP contribution in [0.25, 0.3) is 0 Å². The molecule has 0 fully saturated rings. The van der Waals surface area contributed by atoms with E-state index in [1.54, 1.807) is 12.2 Å².